The van der Waals surface area contributed by atoms with E-state index in [0.717, 1.165) is 46.0 Å². The van der Waals surface area contributed by atoms with Gasteiger partial charge in [0.1, 0.15) is 5.01 Å². The molecule has 10 heteroatoms. The first kappa shape index (κ1) is 19.8. The molecule has 0 radical (unpaired) electrons. The van der Waals surface area contributed by atoms with Gasteiger partial charge in [0.15, 0.2) is 0 Å². The number of aryl methyl sites for hydroxylation is 1. The summed E-state index contributed by atoms with van der Waals surface area (Å²) in [7, 11) is 0. The molecule has 4 rings (SSSR count). The molecule has 0 saturated heterocycles. The average molecular weight is 424 g/mol. The highest BCUT2D eigenvalue weighted by atomic mass is 32.1. The molecule has 0 atom stereocenters. The Bertz CT molecular complexity index is 1080. The molecule has 154 valence electrons. The zero-order valence-corrected chi connectivity index (χ0v) is 17.1. The summed E-state index contributed by atoms with van der Waals surface area (Å²) in [5.74, 6) is 0.532. The van der Waals surface area contributed by atoms with E-state index in [1.165, 1.54) is 0 Å². The van der Waals surface area contributed by atoms with E-state index in [2.05, 4.69) is 36.4 Å². The fourth-order valence-electron chi connectivity index (χ4n) is 3.39. The van der Waals surface area contributed by atoms with E-state index in [1.54, 1.807) is 29.8 Å². The average Bonchev–Trinajstić information content (AvgIpc) is 3.15. The summed E-state index contributed by atoms with van der Waals surface area (Å²) in [4.78, 5) is 24.9. The van der Waals surface area contributed by atoms with Crippen LogP contribution in [0, 0.1) is 12.3 Å². The number of amidine groups is 1. The van der Waals surface area contributed by atoms with Crippen molar-refractivity contribution in [1.29, 1.82) is 5.41 Å². The molecule has 0 unspecified atom stereocenters. The predicted octanol–water partition coefficient (Wildman–Crippen LogP) is 3.65. The minimum absolute atomic E-state index is 0.358. The van der Waals surface area contributed by atoms with Crippen molar-refractivity contribution < 1.29 is 9.53 Å². The van der Waals surface area contributed by atoms with Crippen LogP contribution >= 0.6 is 11.3 Å². The maximum absolute atomic E-state index is 10.9. The minimum atomic E-state index is -1.01. The number of benzene rings is 1. The molecule has 30 heavy (non-hydrogen) atoms. The fourth-order valence-corrected chi connectivity index (χ4v) is 4.49. The third kappa shape index (κ3) is 4.23. The van der Waals surface area contributed by atoms with E-state index in [1.807, 2.05) is 25.3 Å². The molecule has 2 heterocycles. The van der Waals surface area contributed by atoms with Gasteiger partial charge in [-0.3, -0.25) is 5.41 Å². The number of primary amides is 1. The molecule has 0 spiro atoms. The highest BCUT2D eigenvalue weighted by molar-refractivity contribution is 7.15. The zero-order chi connectivity index (χ0) is 21.1. The number of nitrogens with one attached hydrogen (secondary N) is 3. The Morgan fingerprint density at radius 3 is 2.67 bits per heavy atom. The number of carbonyl (C=O) groups excluding carboxylic acids is 1. The molecule has 0 aliphatic heterocycles. The first-order chi connectivity index (χ1) is 14.4. The molecule has 1 aliphatic carbocycles. The lowest BCUT2D eigenvalue weighted by Gasteiger charge is -2.40. The monoisotopic (exact) mass is 423 g/mol. The molecule has 1 aromatic carbocycles. The second-order valence-electron chi connectivity index (χ2n) is 7.13. The van der Waals surface area contributed by atoms with Gasteiger partial charge in [0.2, 0.25) is 5.95 Å². The molecule has 1 saturated carbocycles. The Labute approximate surface area is 177 Å². The van der Waals surface area contributed by atoms with Gasteiger partial charge in [0.05, 0.1) is 10.4 Å². The molecule has 0 bridgehead atoms. The van der Waals surface area contributed by atoms with Gasteiger partial charge in [0.25, 0.3) is 6.02 Å². The predicted molar refractivity (Wildman–Crippen MR) is 115 cm³/mol. The minimum Gasteiger partial charge on any atom is -0.376 e. The van der Waals surface area contributed by atoms with Gasteiger partial charge in [-0.15, -0.1) is 11.3 Å². The van der Waals surface area contributed by atoms with Crippen LogP contribution in [-0.2, 0) is 10.3 Å². The number of hydrogen-bond donors (Lipinski definition) is 4. The second kappa shape index (κ2) is 8.07. The van der Waals surface area contributed by atoms with Crippen molar-refractivity contribution in [2.75, 3.05) is 5.32 Å². The van der Waals surface area contributed by atoms with E-state index in [0.29, 0.717) is 5.95 Å². The quantitative estimate of drug-likeness (QED) is 0.363. The molecule has 9 nitrogen and oxygen atoms in total. The summed E-state index contributed by atoms with van der Waals surface area (Å²) in [6.45, 7) is 2.03. The molecule has 1 aliphatic rings. The largest absolute Gasteiger partial charge is 0.412 e. The SMILES string of the molecule is Cc1cc(Nc2ncccn2)cc(-c2cnc(C3(NC(=N)OC(N)=O)CCC3)s2)c1. The summed E-state index contributed by atoms with van der Waals surface area (Å²) >= 11 is 1.55. The number of amides is 1. The first-order valence-corrected chi connectivity index (χ1v) is 10.2. The zero-order valence-electron chi connectivity index (χ0n) is 16.3. The van der Waals surface area contributed by atoms with Gasteiger partial charge < -0.3 is 21.1 Å². The van der Waals surface area contributed by atoms with Gasteiger partial charge in [-0.25, -0.2) is 19.7 Å². The van der Waals surface area contributed by atoms with Gasteiger partial charge >= 0.3 is 6.09 Å². The van der Waals surface area contributed by atoms with Crippen LogP contribution in [0.3, 0.4) is 0 Å². The fraction of sp³-hybridized carbons (Fsp3) is 0.250. The van der Waals surface area contributed by atoms with Crippen LogP contribution < -0.4 is 16.4 Å². The van der Waals surface area contributed by atoms with Crippen LogP contribution in [0.4, 0.5) is 16.4 Å². The van der Waals surface area contributed by atoms with Gasteiger partial charge in [0, 0.05) is 24.3 Å². The van der Waals surface area contributed by atoms with Crippen molar-refractivity contribution in [2.24, 2.45) is 5.73 Å². The number of rotatable bonds is 5. The summed E-state index contributed by atoms with van der Waals surface area (Å²) in [5, 5.41) is 14.9. The number of ether oxygens (including phenoxy) is 1. The highest BCUT2D eigenvalue weighted by Crippen LogP contribution is 2.44. The Hall–Kier alpha value is -3.53. The highest BCUT2D eigenvalue weighted by Gasteiger charge is 2.42. The maximum atomic E-state index is 10.9. The lowest BCUT2D eigenvalue weighted by atomic mass is 9.77. The van der Waals surface area contributed by atoms with Crippen molar-refractivity contribution in [2.45, 2.75) is 31.7 Å². The molecule has 3 aromatic rings. The Morgan fingerprint density at radius 2 is 2.00 bits per heavy atom. The number of nitrogens with zero attached hydrogens (tertiary/aromatic N) is 3. The molecule has 5 N–H and O–H groups in total. The first-order valence-electron chi connectivity index (χ1n) is 9.40. The van der Waals surface area contributed by atoms with Crippen LogP contribution in [-0.4, -0.2) is 27.1 Å². The normalized spacial score (nSPS) is 14.4. The van der Waals surface area contributed by atoms with Crippen molar-refractivity contribution in [3.8, 4) is 10.4 Å². The Morgan fingerprint density at radius 1 is 1.23 bits per heavy atom. The van der Waals surface area contributed by atoms with E-state index < -0.39 is 11.6 Å². The van der Waals surface area contributed by atoms with E-state index in [9.17, 15) is 4.79 Å². The number of nitrogens with two attached hydrogens (primary N) is 1. The van der Waals surface area contributed by atoms with Gasteiger partial charge in [-0.2, -0.15) is 0 Å². The number of anilines is 2. The Kier molecular flexibility index (Phi) is 5.32. The maximum Gasteiger partial charge on any atom is 0.412 e. The van der Waals surface area contributed by atoms with E-state index in [4.69, 9.17) is 11.1 Å². The molecule has 2 aromatic heterocycles. The standard InChI is InChI=1S/C20H21N7O2S/c1-12-8-13(10-14(9-12)26-19-23-6-3-7-24-19)15-11-25-16(30-15)20(4-2-5-20)27-17(21)29-18(22)28/h3,6-11H,2,4-5H2,1H3,(H2,21,27)(H2,22,28)(H,23,24,26). The second-order valence-corrected chi connectivity index (χ2v) is 8.16. The van der Waals surface area contributed by atoms with Crippen LogP contribution in [0.25, 0.3) is 10.4 Å². The van der Waals surface area contributed by atoms with Crippen LogP contribution in [0.1, 0.15) is 29.8 Å². The van der Waals surface area contributed by atoms with Crippen LogP contribution in [0.2, 0.25) is 0 Å². The molecular weight excluding hydrogens is 402 g/mol. The van der Waals surface area contributed by atoms with Gasteiger partial charge in [-0.1, -0.05) is 6.07 Å². The third-order valence-corrected chi connectivity index (χ3v) is 6.11. The molecular formula is C20H21N7O2S. The lowest BCUT2D eigenvalue weighted by molar-refractivity contribution is 0.182. The van der Waals surface area contributed by atoms with Crippen molar-refractivity contribution in [1.82, 2.24) is 20.3 Å². The lowest BCUT2D eigenvalue weighted by Crippen LogP contribution is -2.51. The van der Waals surface area contributed by atoms with Crippen LogP contribution in [0.15, 0.2) is 42.9 Å². The van der Waals surface area contributed by atoms with E-state index in [-0.39, 0.29) is 6.02 Å². The number of aromatic nitrogens is 3. The van der Waals surface area contributed by atoms with Crippen molar-refractivity contribution in [3.05, 3.63) is 53.4 Å². The Balaban J connectivity index is 1.57. The smallest absolute Gasteiger partial charge is 0.376 e. The summed E-state index contributed by atoms with van der Waals surface area (Å²) in [6.07, 6.45) is 6.80. The number of hydrogen-bond acceptors (Lipinski definition) is 8. The summed E-state index contributed by atoms with van der Waals surface area (Å²) < 4.78 is 4.65. The number of carbonyl (C=O) groups is 1. The van der Waals surface area contributed by atoms with E-state index >= 15 is 0 Å². The van der Waals surface area contributed by atoms with Crippen LogP contribution in [0.5, 0.6) is 0 Å². The topological polar surface area (TPSA) is 139 Å². The van der Waals surface area contributed by atoms with Crippen molar-refractivity contribution in [3.63, 3.8) is 0 Å². The van der Waals surface area contributed by atoms with Crippen molar-refractivity contribution >= 4 is 35.1 Å². The number of thiazole rings is 1. The van der Waals surface area contributed by atoms with Gasteiger partial charge in [-0.05, 0) is 55.5 Å². The third-order valence-electron chi connectivity index (χ3n) is 4.86. The summed E-state index contributed by atoms with van der Waals surface area (Å²) in [5.41, 5.74) is 7.51. The summed E-state index contributed by atoms with van der Waals surface area (Å²) in [6, 6.07) is 7.56. The molecule has 1 amide bonds. The molecule has 1 fully saturated rings.